The van der Waals surface area contributed by atoms with Gasteiger partial charge in [0.15, 0.2) is 5.82 Å². The van der Waals surface area contributed by atoms with E-state index >= 15 is 0 Å². The Hall–Kier alpha value is -5.04. The number of ether oxygens (including phenoxy) is 1. The van der Waals surface area contributed by atoms with Crippen molar-refractivity contribution in [3.8, 4) is 17.1 Å². The van der Waals surface area contributed by atoms with Crippen LogP contribution in [0, 0.1) is 13.8 Å². The summed E-state index contributed by atoms with van der Waals surface area (Å²) in [6.45, 7) is 11.8. The van der Waals surface area contributed by atoms with Crippen LogP contribution in [0.15, 0.2) is 49.1 Å². The molecule has 0 spiro atoms. The van der Waals surface area contributed by atoms with Gasteiger partial charge in [0, 0.05) is 74.4 Å². The van der Waals surface area contributed by atoms with Crippen molar-refractivity contribution in [3.63, 3.8) is 0 Å². The number of H-pyrrole nitrogens is 1. The highest BCUT2D eigenvalue weighted by atomic mass is 16.5. The van der Waals surface area contributed by atoms with Crippen LogP contribution in [0.4, 0.5) is 23.3 Å². The van der Waals surface area contributed by atoms with E-state index in [0.717, 1.165) is 83.8 Å². The van der Waals surface area contributed by atoms with E-state index in [2.05, 4.69) is 59.3 Å². The molecule has 5 heterocycles. The molecule has 4 aromatic heterocycles. The number of amides is 1. The zero-order valence-electron chi connectivity index (χ0n) is 27.7. The van der Waals surface area contributed by atoms with Crippen LogP contribution < -0.4 is 20.3 Å². The average Bonchev–Trinajstić information content (AvgIpc) is 3.77. The second-order valence-corrected chi connectivity index (χ2v) is 12.0. The third-order valence-electron chi connectivity index (χ3n) is 8.57. The highest BCUT2D eigenvalue weighted by molar-refractivity contribution is 6.06. The van der Waals surface area contributed by atoms with Crippen molar-refractivity contribution in [1.29, 1.82) is 0 Å². The Kier molecular flexibility index (Phi) is 9.62. The lowest BCUT2D eigenvalue weighted by Crippen LogP contribution is -2.33. The molecular formula is C34H43N11O2. The monoisotopic (exact) mass is 637 g/mol. The molecule has 1 amide bonds. The second-order valence-electron chi connectivity index (χ2n) is 12.0. The number of likely N-dealkylation sites (tertiary alicyclic amines) is 1. The van der Waals surface area contributed by atoms with E-state index in [1.54, 1.807) is 17.2 Å². The minimum atomic E-state index is -0.0801. The minimum Gasteiger partial charge on any atom is -0.473 e. The summed E-state index contributed by atoms with van der Waals surface area (Å²) in [5.74, 6) is 2.52. The van der Waals surface area contributed by atoms with E-state index in [4.69, 9.17) is 9.72 Å². The number of rotatable bonds is 13. The fourth-order valence-electron chi connectivity index (χ4n) is 5.92. The van der Waals surface area contributed by atoms with Crippen LogP contribution in [-0.2, 0) is 11.8 Å². The number of aryl methyl sites for hydroxylation is 3. The van der Waals surface area contributed by atoms with Crippen molar-refractivity contribution in [2.24, 2.45) is 7.05 Å². The molecule has 3 N–H and O–H groups in total. The Balaban J connectivity index is 1.09. The maximum Gasteiger partial charge on any atom is 0.238 e. The predicted molar refractivity (Wildman–Crippen MR) is 184 cm³/mol. The smallest absolute Gasteiger partial charge is 0.238 e. The van der Waals surface area contributed by atoms with Crippen LogP contribution in [0.2, 0.25) is 0 Å². The topological polar surface area (TPSA) is 142 Å². The quantitative estimate of drug-likeness (QED) is 0.157. The number of aromatic nitrogens is 7. The third kappa shape index (κ3) is 7.35. The Labute approximate surface area is 274 Å². The van der Waals surface area contributed by atoms with Gasteiger partial charge in [-0.1, -0.05) is 25.5 Å². The molecule has 0 saturated carbocycles. The Morgan fingerprint density at radius 2 is 2.04 bits per heavy atom. The maximum atomic E-state index is 13.2. The standard InChI is InChI=1S/C34H43N11O2/c1-6-8-13-45(7-2)29-16-31(38-21-37-29)47-24-12-14-44(19-24)20-30(46)39-27-11-9-10-25-26(18-35-33(25)27)32-22(3)17-36-34(41-32)40-28-15-23(4)43(5)42-28/h9-11,15-18,21,24,35H,6-8,12-14,19-20H2,1-5H3,(H,39,46)(H,36,40,41,42). The highest BCUT2D eigenvalue weighted by Crippen LogP contribution is 2.33. The van der Waals surface area contributed by atoms with Gasteiger partial charge in [-0.15, -0.1) is 0 Å². The first-order chi connectivity index (χ1) is 22.8. The highest BCUT2D eigenvalue weighted by Gasteiger charge is 2.26. The number of aromatic amines is 1. The Morgan fingerprint density at radius 3 is 2.83 bits per heavy atom. The number of nitrogens with zero attached hydrogens (tertiary/aromatic N) is 8. The summed E-state index contributed by atoms with van der Waals surface area (Å²) in [6, 6.07) is 9.74. The van der Waals surface area contributed by atoms with E-state index < -0.39 is 0 Å². The van der Waals surface area contributed by atoms with Gasteiger partial charge in [-0.25, -0.2) is 19.9 Å². The number of hydrogen-bond acceptors (Lipinski definition) is 10. The molecule has 13 nitrogen and oxygen atoms in total. The van der Waals surface area contributed by atoms with Gasteiger partial charge in [-0.3, -0.25) is 14.4 Å². The summed E-state index contributed by atoms with van der Waals surface area (Å²) >= 11 is 0. The molecule has 0 bridgehead atoms. The van der Waals surface area contributed by atoms with Crippen molar-refractivity contribution >= 4 is 40.1 Å². The number of unbranched alkanes of at least 4 members (excludes halogenated alkanes) is 1. The molecular weight excluding hydrogens is 594 g/mol. The van der Waals surface area contributed by atoms with Gasteiger partial charge in [-0.2, -0.15) is 5.10 Å². The largest absolute Gasteiger partial charge is 0.473 e. The van der Waals surface area contributed by atoms with E-state index in [1.807, 2.05) is 57.4 Å². The summed E-state index contributed by atoms with van der Waals surface area (Å²) < 4.78 is 8.03. The number of anilines is 4. The lowest BCUT2D eigenvalue weighted by molar-refractivity contribution is -0.117. The number of nitrogens with one attached hydrogen (secondary N) is 3. The first-order valence-electron chi connectivity index (χ1n) is 16.3. The molecule has 1 saturated heterocycles. The predicted octanol–water partition coefficient (Wildman–Crippen LogP) is 5.23. The zero-order valence-corrected chi connectivity index (χ0v) is 27.7. The van der Waals surface area contributed by atoms with Gasteiger partial charge < -0.3 is 25.3 Å². The van der Waals surface area contributed by atoms with E-state index in [-0.39, 0.29) is 18.6 Å². The van der Waals surface area contributed by atoms with Crippen molar-refractivity contribution in [2.75, 3.05) is 48.3 Å². The molecule has 246 valence electrons. The molecule has 0 aliphatic carbocycles. The van der Waals surface area contributed by atoms with E-state index in [0.29, 0.717) is 24.2 Å². The molecule has 13 heteroatoms. The van der Waals surface area contributed by atoms with Crippen LogP contribution in [0.5, 0.6) is 5.88 Å². The summed E-state index contributed by atoms with van der Waals surface area (Å²) in [5, 5.41) is 11.7. The molecule has 0 radical (unpaired) electrons. The normalized spacial score (nSPS) is 14.9. The fraction of sp³-hybridized carbons (Fsp3) is 0.412. The summed E-state index contributed by atoms with van der Waals surface area (Å²) in [6.07, 6.45) is 8.32. The van der Waals surface area contributed by atoms with Crippen LogP contribution in [0.1, 0.15) is 44.4 Å². The maximum absolute atomic E-state index is 13.2. The lowest BCUT2D eigenvalue weighted by atomic mass is 10.1. The molecule has 6 rings (SSSR count). The first kappa shape index (κ1) is 31.9. The minimum absolute atomic E-state index is 0.0390. The van der Waals surface area contributed by atoms with Crippen LogP contribution in [0.3, 0.4) is 0 Å². The molecule has 5 aromatic rings. The van der Waals surface area contributed by atoms with Crippen molar-refractivity contribution in [2.45, 2.75) is 53.1 Å². The molecule has 1 atom stereocenters. The Morgan fingerprint density at radius 1 is 1.17 bits per heavy atom. The molecule has 1 fully saturated rings. The van der Waals surface area contributed by atoms with Gasteiger partial charge in [0.05, 0.1) is 23.4 Å². The lowest BCUT2D eigenvalue weighted by Gasteiger charge is -2.22. The fourth-order valence-corrected chi connectivity index (χ4v) is 5.92. The van der Waals surface area contributed by atoms with Crippen molar-refractivity contribution in [1.82, 2.24) is 39.6 Å². The molecule has 1 unspecified atom stereocenters. The average molecular weight is 638 g/mol. The van der Waals surface area contributed by atoms with E-state index in [9.17, 15) is 4.79 Å². The van der Waals surface area contributed by atoms with Crippen molar-refractivity contribution in [3.05, 3.63) is 60.3 Å². The number of carbonyl (C=O) groups excluding carboxylic acids is 1. The van der Waals surface area contributed by atoms with Gasteiger partial charge >= 0.3 is 0 Å². The molecule has 1 aliphatic rings. The van der Waals surface area contributed by atoms with Crippen molar-refractivity contribution < 1.29 is 9.53 Å². The summed E-state index contributed by atoms with van der Waals surface area (Å²) in [7, 11) is 1.90. The van der Waals surface area contributed by atoms with Gasteiger partial charge in [0.1, 0.15) is 18.2 Å². The van der Waals surface area contributed by atoms with Gasteiger partial charge in [0.2, 0.25) is 17.7 Å². The number of benzene rings is 1. The van der Waals surface area contributed by atoms with Gasteiger partial charge in [0.25, 0.3) is 0 Å². The zero-order chi connectivity index (χ0) is 32.9. The number of carbonyl (C=O) groups is 1. The van der Waals surface area contributed by atoms with Crippen LogP contribution in [-0.4, -0.2) is 84.3 Å². The Bertz CT molecular complexity index is 1830. The van der Waals surface area contributed by atoms with Gasteiger partial charge in [-0.05, 0) is 45.2 Å². The van der Waals surface area contributed by atoms with E-state index in [1.165, 1.54) is 0 Å². The number of para-hydroxylation sites is 1. The number of fused-ring (bicyclic) bond motifs is 1. The summed E-state index contributed by atoms with van der Waals surface area (Å²) in [4.78, 5) is 39.0. The van der Waals surface area contributed by atoms with Crippen LogP contribution >= 0.6 is 0 Å². The SMILES string of the molecule is CCCCN(CC)c1cc(OC2CCN(CC(=O)Nc3cccc4c(-c5nc(Nc6cc(C)n(C)n6)ncc5C)c[nH]c34)C2)ncn1. The molecule has 1 aliphatic heterocycles. The van der Waals surface area contributed by atoms with Crippen LogP contribution in [0.25, 0.3) is 22.2 Å². The summed E-state index contributed by atoms with van der Waals surface area (Å²) in [5.41, 5.74) is 5.25. The first-order valence-corrected chi connectivity index (χ1v) is 16.3. The third-order valence-corrected chi connectivity index (χ3v) is 8.57. The number of hydrogen-bond donors (Lipinski definition) is 3. The second kappa shape index (κ2) is 14.2. The molecule has 47 heavy (non-hydrogen) atoms. The molecule has 1 aromatic carbocycles.